The molecule has 44 heavy (non-hydrogen) atoms. The van der Waals surface area contributed by atoms with Crippen LogP contribution in [0.15, 0.2) is 34.3 Å². The van der Waals surface area contributed by atoms with Gasteiger partial charge in [-0.05, 0) is 72.9 Å². The van der Waals surface area contributed by atoms with Gasteiger partial charge in [0, 0.05) is 34.7 Å². The third-order valence-electron chi connectivity index (χ3n) is 10.5. The zero-order valence-electron chi connectivity index (χ0n) is 29.4. The third kappa shape index (κ3) is 7.92. The standard InChI is InChI=1S/C38H58N4O2/c1-11-41(9)17-18-42(10,12-2)26-30-22-32(38(6,7)8)20-28(36(30)44)24-40-34-16-14-13-15-33(34)39-23-27-19-31(37(3,4)5)21-29(25-41)35(27)43/h19-24,33-34H,11-18,25-26H2,1-10H3/p+2. The Morgan fingerprint density at radius 3 is 1.34 bits per heavy atom. The summed E-state index contributed by atoms with van der Waals surface area (Å²) in [5.74, 6) is 0.720. The molecular weight excluding hydrogens is 544 g/mol. The SMILES string of the molecule is CC[N+]1(C)CC[N+](C)(CC)Cc2cc(C(C)(C)C)cc(c2O)/C=N/C2CCCCC2/N=C/c2cc(C(C)(C)C)cc(c2O)C1. The quantitative estimate of drug-likeness (QED) is 0.349. The Balaban J connectivity index is 1.90. The molecule has 1 fully saturated rings. The number of fused-ring (bicyclic) bond motifs is 5. The van der Waals surface area contributed by atoms with Crippen LogP contribution in [0.4, 0.5) is 0 Å². The second kappa shape index (κ2) is 13.0. The molecular formula is C38H60N4O2+2. The van der Waals surface area contributed by atoms with Gasteiger partial charge in [-0.25, -0.2) is 0 Å². The number of hydrogen-bond donors (Lipinski definition) is 2. The molecule has 6 heteroatoms. The molecule has 0 spiro atoms. The van der Waals surface area contributed by atoms with Crippen molar-refractivity contribution in [1.82, 2.24) is 0 Å². The molecule has 6 nitrogen and oxygen atoms in total. The highest BCUT2D eigenvalue weighted by Gasteiger charge is 2.32. The van der Waals surface area contributed by atoms with E-state index in [4.69, 9.17) is 9.98 Å². The Bertz CT molecular complexity index is 1280. The van der Waals surface area contributed by atoms with Gasteiger partial charge in [0.15, 0.2) is 0 Å². The Kier molecular flexibility index (Phi) is 10.1. The van der Waals surface area contributed by atoms with E-state index in [-0.39, 0.29) is 22.9 Å². The molecule has 0 amide bonds. The van der Waals surface area contributed by atoms with E-state index in [1.54, 1.807) is 0 Å². The number of phenolic OH excluding ortho intramolecular Hbond substituents is 2. The smallest absolute Gasteiger partial charge is 0.133 e. The fourth-order valence-corrected chi connectivity index (χ4v) is 6.54. The van der Waals surface area contributed by atoms with Crippen LogP contribution in [0.3, 0.4) is 0 Å². The van der Waals surface area contributed by atoms with Crippen LogP contribution in [0.1, 0.15) is 114 Å². The molecule has 2 aromatic carbocycles. The Morgan fingerprint density at radius 1 is 0.659 bits per heavy atom. The first-order chi connectivity index (χ1) is 20.5. The Labute approximate surface area is 267 Å². The van der Waals surface area contributed by atoms with Crippen LogP contribution in [-0.2, 0) is 23.9 Å². The van der Waals surface area contributed by atoms with Gasteiger partial charge in [0.05, 0.1) is 39.3 Å². The number of phenols is 2. The molecule has 1 saturated carbocycles. The van der Waals surface area contributed by atoms with Crippen LogP contribution in [-0.4, -0.2) is 84.0 Å². The van der Waals surface area contributed by atoms with Crippen molar-refractivity contribution >= 4 is 12.4 Å². The number of rotatable bonds is 2. The predicted octanol–water partition coefficient (Wildman–Crippen LogP) is 7.49. The molecule has 4 bridgehead atoms. The molecule has 0 saturated heterocycles. The molecule has 0 radical (unpaired) electrons. The van der Waals surface area contributed by atoms with E-state index in [9.17, 15) is 10.2 Å². The maximum Gasteiger partial charge on any atom is 0.133 e. The summed E-state index contributed by atoms with van der Waals surface area (Å²) in [6, 6.07) is 8.78. The van der Waals surface area contributed by atoms with E-state index in [1.807, 2.05) is 12.4 Å². The molecule has 1 aliphatic heterocycles. The minimum absolute atomic E-state index is 0.0455. The average molecular weight is 605 g/mol. The fraction of sp³-hybridized carbons (Fsp3) is 0.632. The van der Waals surface area contributed by atoms with Crippen molar-refractivity contribution < 1.29 is 19.2 Å². The molecule has 1 heterocycles. The monoisotopic (exact) mass is 604 g/mol. The molecule has 4 rings (SSSR count). The second-order valence-electron chi connectivity index (χ2n) is 16.3. The van der Waals surface area contributed by atoms with E-state index < -0.39 is 0 Å². The minimum Gasteiger partial charge on any atom is -0.507 e. The highest BCUT2D eigenvalue weighted by Crippen LogP contribution is 2.35. The maximum atomic E-state index is 11.7. The molecule has 4 unspecified atom stereocenters. The molecule has 2 aliphatic rings. The normalized spacial score (nSPS) is 28.4. The highest BCUT2D eigenvalue weighted by molar-refractivity contribution is 5.86. The molecule has 2 aromatic rings. The zero-order chi connectivity index (χ0) is 32.5. The van der Waals surface area contributed by atoms with E-state index in [0.717, 1.165) is 96.2 Å². The topological polar surface area (TPSA) is 65.2 Å². The lowest BCUT2D eigenvalue weighted by molar-refractivity contribution is -0.974. The molecule has 4 atom stereocenters. The first-order valence-electron chi connectivity index (χ1n) is 16.9. The van der Waals surface area contributed by atoms with E-state index in [0.29, 0.717) is 11.5 Å². The summed E-state index contributed by atoms with van der Waals surface area (Å²) in [6.07, 6.45) is 8.02. The van der Waals surface area contributed by atoms with Crippen LogP contribution in [0, 0.1) is 0 Å². The summed E-state index contributed by atoms with van der Waals surface area (Å²) in [7, 11) is 4.63. The van der Waals surface area contributed by atoms with Gasteiger partial charge >= 0.3 is 0 Å². The van der Waals surface area contributed by atoms with E-state index in [1.165, 1.54) is 11.1 Å². The van der Waals surface area contributed by atoms with Crippen molar-refractivity contribution in [2.24, 2.45) is 9.98 Å². The minimum atomic E-state index is -0.0480. The second-order valence-corrected chi connectivity index (χ2v) is 16.3. The van der Waals surface area contributed by atoms with Crippen molar-refractivity contribution in [3.05, 3.63) is 57.6 Å². The fourth-order valence-electron chi connectivity index (χ4n) is 6.54. The van der Waals surface area contributed by atoms with Crippen molar-refractivity contribution in [1.29, 1.82) is 0 Å². The van der Waals surface area contributed by atoms with Crippen molar-refractivity contribution in [2.75, 3.05) is 40.3 Å². The van der Waals surface area contributed by atoms with Crippen molar-refractivity contribution in [3.8, 4) is 11.5 Å². The first kappa shape index (κ1) is 34.2. The van der Waals surface area contributed by atoms with Crippen molar-refractivity contribution in [2.45, 2.75) is 117 Å². The molecule has 242 valence electrons. The molecule has 1 aliphatic carbocycles. The van der Waals surface area contributed by atoms with Crippen LogP contribution >= 0.6 is 0 Å². The van der Waals surface area contributed by atoms with Crippen LogP contribution in [0.5, 0.6) is 11.5 Å². The summed E-state index contributed by atoms with van der Waals surface area (Å²) >= 11 is 0. The number of benzene rings is 2. The largest absolute Gasteiger partial charge is 0.507 e. The number of quaternary nitrogens is 2. The number of aromatic hydroxyl groups is 2. The zero-order valence-corrected chi connectivity index (χ0v) is 29.4. The molecule has 0 aromatic heterocycles. The lowest BCUT2D eigenvalue weighted by atomic mass is 9.84. The maximum absolute atomic E-state index is 11.7. The summed E-state index contributed by atoms with van der Waals surface area (Å²) in [6.45, 7) is 23.3. The van der Waals surface area contributed by atoms with E-state index >= 15 is 0 Å². The lowest BCUT2D eigenvalue weighted by Gasteiger charge is -2.40. The Morgan fingerprint density at radius 2 is 1.02 bits per heavy atom. The number of hydrogen-bond acceptors (Lipinski definition) is 4. The summed E-state index contributed by atoms with van der Waals surface area (Å²) in [5, 5.41) is 23.3. The first-order valence-corrected chi connectivity index (χ1v) is 16.9. The highest BCUT2D eigenvalue weighted by atomic mass is 16.3. The summed E-state index contributed by atoms with van der Waals surface area (Å²) in [4.78, 5) is 10.2. The number of nitrogens with zero attached hydrogens (tertiary/aromatic N) is 4. The van der Waals surface area contributed by atoms with Crippen molar-refractivity contribution in [3.63, 3.8) is 0 Å². The van der Waals surface area contributed by atoms with Gasteiger partial charge in [-0.2, -0.15) is 0 Å². The lowest BCUT2D eigenvalue weighted by Crippen LogP contribution is -2.53. The van der Waals surface area contributed by atoms with Crippen LogP contribution in [0.25, 0.3) is 0 Å². The van der Waals surface area contributed by atoms with Gasteiger partial charge in [-0.15, -0.1) is 0 Å². The van der Waals surface area contributed by atoms with Gasteiger partial charge in [-0.1, -0.05) is 54.4 Å². The summed E-state index contributed by atoms with van der Waals surface area (Å²) in [5.41, 5.74) is 5.94. The van der Waals surface area contributed by atoms with Crippen LogP contribution in [0.2, 0.25) is 0 Å². The third-order valence-corrected chi connectivity index (χ3v) is 10.5. The average Bonchev–Trinajstić information content (AvgIpc) is 2.96. The van der Waals surface area contributed by atoms with Gasteiger partial charge in [0.1, 0.15) is 37.7 Å². The predicted molar refractivity (Wildman–Crippen MR) is 185 cm³/mol. The summed E-state index contributed by atoms with van der Waals surface area (Å²) < 4.78 is 1.64. The van der Waals surface area contributed by atoms with Gasteiger partial charge in [-0.3, -0.25) is 9.98 Å². The van der Waals surface area contributed by atoms with Crippen LogP contribution < -0.4 is 0 Å². The van der Waals surface area contributed by atoms with Gasteiger partial charge < -0.3 is 19.2 Å². The Hall–Kier alpha value is -2.70. The van der Waals surface area contributed by atoms with E-state index in [2.05, 4.69) is 93.8 Å². The molecule has 2 N–H and O–H groups in total. The number of likely N-dealkylation sites (N-methyl/N-ethyl adjacent to an activating group) is 2. The van der Waals surface area contributed by atoms with Gasteiger partial charge in [0.25, 0.3) is 0 Å². The van der Waals surface area contributed by atoms with Gasteiger partial charge in [0.2, 0.25) is 0 Å². The number of aliphatic imine (C=N–C) groups is 2.